The topological polar surface area (TPSA) is 95.9 Å². The number of hydrogen-bond donors (Lipinski definition) is 3. The van der Waals surface area contributed by atoms with Crippen molar-refractivity contribution in [3.05, 3.63) is 0 Å². The van der Waals surface area contributed by atoms with Crippen molar-refractivity contribution >= 4 is 11.9 Å². The lowest BCUT2D eigenvalue weighted by molar-refractivity contribution is -0.139. The van der Waals surface area contributed by atoms with Crippen LogP contribution in [0.15, 0.2) is 0 Å². The average Bonchev–Trinajstić information content (AvgIpc) is 2.14. The minimum absolute atomic E-state index is 0.0349. The van der Waals surface area contributed by atoms with Gasteiger partial charge in [0, 0.05) is 20.1 Å². The smallest absolute Gasteiger partial charge is 0.303 e. The Morgan fingerprint density at radius 2 is 1.94 bits per heavy atom. The lowest BCUT2D eigenvalue weighted by Gasteiger charge is -2.24. The summed E-state index contributed by atoms with van der Waals surface area (Å²) in [5, 5.41) is 20.3. The number of aliphatic hydroxyl groups is 1. The Morgan fingerprint density at radius 3 is 2.39 bits per heavy atom. The van der Waals surface area contributed by atoms with Crippen molar-refractivity contribution < 1.29 is 24.5 Å². The second-order valence-corrected chi connectivity index (χ2v) is 5.14. The highest BCUT2D eigenvalue weighted by atomic mass is 16.5. The van der Waals surface area contributed by atoms with Crippen molar-refractivity contribution in [3.63, 3.8) is 0 Å². The minimum Gasteiger partial charge on any atom is -0.481 e. The van der Waals surface area contributed by atoms with Crippen LogP contribution >= 0.6 is 0 Å². The van der Waals surface area contributed by atoms with Crippen LogP contribution in [-0.4, -0.2) is 48.5 Å². The van der Waals surface area contributed by atoms with Gasteiger partial charge < -0.3 is 20.3 Å². The summed E-state index contributed by atoms with van der Waals surface area (Å²) >= 11 is 0. The van der Waals surface area contributed by atoms with E-state index in [4.69, 9.17) is 14.9 Å². The highest BCUT2D eigenvalue weighted by Gasteiger charge is 2.26. The van der Waals surface area contributed by atoms with Gasteiger partial charge in [-0.15, -0.1) is 0 Å². The highest BCUT2D eigenvalue weighted by Crippen LogP contribution is 2.24. The van der Waals surface area contributed by atoms with Crippen molar-refractivity contribution in [3.8, 4) is 0 Å². The predicted molar refractivity (Wildman–Crippen MR) is 66.2 cm³/mol. The number of amides is 1. The van der Waals surface area contributed by atoms with Crippen LogP contribution in [0.3, 0.4) is 0 Å². The van der Waals surface area contributed by atoms with Gasteiger partial charge in [0.15, 0.2) is 0 Å². The van der Waals surface area contributed by atoms with Gasteiger partial charge in [0.25, 0.3) is 0 Å². The summed E-state index contributed by atoms with van der Waals surface area (Å²) in [6.45, 7) is 3.76. The molecule has 3 N–H and O–H groups in total. The van der Waals surface area contributed by atoms with Crippen molar-refractivity contribution in [1.29, 1.82) is 0 Å². The number of ether oxygens (including phenoxy) is 1. The molecule has 0 aliphatic rings. The molecule has 1 amide bonds. The second-order valence-electron chi connectivity index (χ2n) is 5.14. The molecule has 106 valence electrons. The average molecular weight is 261 g/mol. The standard InChI is InChI=1S/C12H23NO5/c1-12(2,7-11(16)17)6-10(15)13-9(4-5-14)8-18-3/h9,14H,4-8H2,1-3H3,(H,13,15)(H,16,17). The highest BCUT2D eigenvalue weighted by molar-refractivity contribution is 5.78. The van der Waals surface area contributed by atoms with Crippen LogP contribution < -0.4 is 5.32 Å². The zero-order valence-corrected chi connectivity index (χ0v) is 11.2. The summed E-state index contributed by atoms with van der Waals surface area (Å²) in [7, 11) is 1.52. The first-order chi connectivity index (χ1) is 8.30. The third-order valence-electron chi connectivity index (χ3n) is 2.48. The van der Waals surface area contributed by atoms with Crippen molar-refractivity contribution in [2.75, 3.05) is 20.3 Å². The van der Waals surface area contributed by atoms with Gasteiger partial charge in [-0.1, -0.05) is 13.8 Å². The fourth-order valence-electron chi connectivity index (χ4n) is 1.74. The second kappa shape index (κ2) is 8.05. The Balaban J connectivity index is 4.25. The molecule has 0 bridgehead atoms. The van der Waals surface area contributed by atoms with Gasteiger partial charge in [0.1, 0.15) is 0 Å². The molecule has 0 fully saturated rings. The van der Waals surface area contributed by atoms with E-state index >= 15 is 0 Å². The minimum atomic E-state index is -0.920. The van der Waals surface area contributed by atoms with Crippen molar-refractivity contribution in [1.82, 2.24) is 5.32 Å². The first kappa shape index (κ1) is 16.9. The zero-order chi connectivity index (χ0) is 14.2. The van der Waals surface area contributed by atoms with Gasteiger partial charge in [0.2, 0.25) is 5.91 Å². The first-order valence-corrected chi connectivity index (χ1v) is 5.91. The van der Waals surface area contributed by atoms with E-state index in [-0.39, 0.29) is 31.4 Å². The first-order valence-electron chi connectivity index (χ1n) is 5.91. The Labute approximate surface area is 107 Å². The van der Waals surface area contributed by atoms with E-state index in [0.29, 0.717) is 13.0 Å². The fourth-order valence-corrected chi connectivity index (χ4v) is 1.74. The molecule has 18 heavy (non-hydrogen) atoms. The Bertz CT molecular complexity index is 272. The lowest BCUT2D eigenvalue weighted by atomic mass is 9.85. The van der Waals surface area contributed by atoms with Gasteiger partial charge in [-0.2, -0.15) is 0 Å². The molecule has 0 aromatic heterocycles. The van der Waals surface area contributed by atoms with E-state index in [0.717, 1.165) is 0 Å². The van der Waals surface area contributed by atoms with Crippen LogP contribution in [0.5, 0.6) is 0 Å². The molecule has 1 atom stereocenters. The molecule has 0 aromatic carbocycles. The summed E-state index contributed by atoms with van der Waals surface area (Å²) < 4.78 is 4.93. The molecule has 0 aromatic rings. The largest absolute Gasteiger partial charge is 0.481 e. The maximum Gasteiger partial charge on any atom is 0.303 e. The van der Waals surface area contributed by atoms with Gasteiger partial charge in [0.05, 0.1) is 19.1 Å². The number of carbonyl (C=O) groups is 2. The number of aliphatic hydroxyl groups excluding tert-OH is 1. The SMILES string of the molecule is COCC(CCO)NC(=O)CC(C)(C)CC(=O)O. The third kappa shape index (κ3) is 8.03. The summed E-state index contributed by atoms with van der Waals surface area (Å²) in [5.41, 5.74) is -0.591. The maximum atomic E-state index is 11.8. The van der Waals surface area contributed by atoms with Crippen LogP contribution in [-0.2, 0) is 14.3 Å². The third-order valence-corrected chi connectivity index (χ3v) is 2.48. The lowest BCUT2D eigenvalue weighted by Crippen LogP contribution is -2.40. The summed E-state index contributed by atoms with van der Waals surface area (Å²) in [5.74, 6) is -1.15. The normalized spacial score (nSPS) is 13.1. The Morgan fingerprint density at radius 1 is 1.33 bits per heavy atom. The Hall–Kier alpha value is -1.14. The van der Waals surface area contributed by atoms with Crippen LogP contribution in [0.1, 0.15) is 33.1 Å². The molecule has 0 spiro atoms. The molecule has 0 aliphatic carbocycles. The molecule has 0 aliphatic heterocycles. The molecular weight excluding hydrogens is 238 g/mol. The number of rotatable bonds is 9. The van der Waals surface area contributed by atoms with Gasteiger partial charge in [-0.05, 0) is 11.8 Å². The number of methoxy groups -OCH3 is 1. The van der Waals surface area contributed by atoms with Crippen LogP contribution in [0.2, 0.25) is 0 Å². The quantitative estimate of drug-likeness (QED) is 0.558. The van der Waals surface area contributed by atoms with E-state index in [1.165, 1.54) is 7.11 Å². The predicted octanol–water partition coefficient (Wildman–Crippen LogP) is 0.391. The van der Waals surface area contributed by atoms with E-state index in [1.807, 2.05) is 0 Å². The number of carboxylic acid groups (broad SMARTS) is 1. The van der Waals surface area contributed by atoms with Crippen LogP contribution in [0, 0.1) is 5.41 Å². The molecule has 0 radical (unpaired) electrons. The van der Waals surface area contributed by atoms with Crippen LogP contribution in [0.4, 0.5) is 0 Å². The summed E-state index contributed by atoms with van der Waals surface area (Å²) in [6, 6.07) is -0.242. The molecule has 6 nitrogen and oxygen atoms in total. The van der Waals surface area contributed by atoms with Gasteiger partial charge >= 0.3 is 5.97 Å². The van der Waals surface area contributed by atoms with E-state index in [2.05, 4.69) is 5.32 Å². The van der Waals surface area contributed by atoms with E-state index in [9.17, 15) is 9.59 Å². The number of hydrogen-bond acceptors (Lipinski definition) is 4. The van der Waals surface area contributed by atoms with Crippen molar-refractivity contribution in [2.24, 2.45) is 5.41 Å². The summed E-state index contributed by atoms with van der Waals surface area (Å²) in [6.07, 6.45) is 0.485. The maximum absolute atomic E-state index is 11.8. The number of carboxylic acids is 1. The number of aliphatic carboxylic acids is 1. The number of nitrogens with one attached hydrogen (secondary N) is 1. The zero-order valence-electron chi connectivity index (χ0n) is 11.2. The Kier molecular flexibility index (Phi) is 7.54. The number of carbonyl (C=O) groups excluding carboxylic acids is 1. The van der Waals surface area contributed by atoms with Gasteiger partial charge in [-0.3, -0.25) is 9.59 Å². The fraction of sp³-hybridized carbons (Fsp3) is 0.833. The molecule has 0 saturated heterocycles. The van der Waals surface area contributed by atoms with Crippen molar-refractivity contribution in [2.45, 2.75) is 39.2 Å². The molecular formula is C12H23NO5. The molecule has 0 rings (SSSR count). The monoisotopic (exact) mass is 261 g/mol. The molecule has 1 unspecified atom stereocenters. The molecule has 6 heteroatoms. The molecule has 0 saturated carbocycles. The van der Waals surface area contributed by atoms with E-state index < -0.39 is 11.4 Å². The van der Waals surface area contributed by atoms with Crippen LogP contribution in [0.25, 0.3) is 0 Å². The van der Waals surface area contributed by atoms with E-state index in [1.54, 1.807) is 13.8 Å². The molecule has 0 heterocycles. The van der Waals surface area contributed by atoms with Gasteiger partial charge in [-0.25, -0.2) is 0 Å². The summed E-state index contributed by atoms with van der Waals surface area (Å²) in [4.78, 5) is 22.4.